The van der Waals surface area contributed by atoms with Gasteiger partial charge in [-0.15, -0.1) is 0 Å². The number of anilines is 1. The zero-order valence-electron chi connectivity index (χ0n) is 17.2. The van der Waals surface area contributed by atoms with Crippen LogP contribution in [0.4, 0.5) is 5.69 Å². The van der Waals surface area contributed by atoms with Crippen molar-refractivity contribution in [2.24, 2.45) is 0 Å². The zero-order valence-corrected chi connectivity index (χ0v) is 19.3. The van der Waals surface area contributed by atoms with Gasteiger partial charge in [-0.2, -0.15) is 5.26 Å². The maximum atomic E-state index is 12.5. The quantitative estimate of drug-likeness (QED) is 0.210. The number of rotatable bonds is 9. The van der Waals surface area contributed by atoms with Crippen LogP contribution in [0.1, 0.15) is 22.8 Å². The van der Waals surface area contributed by atoms with Crippen LogP contribution in [0.3, 0.4) is 0 Å². The average molecular weight is 550 g/mol. The molecule has 0 bridgehead atoms. The molecule has 0 fully saturated rings. The zero-order chi connectivity index (χ0) is 23.7. The van der Waals surface area contributed by atoms with Crippen LogP contribution in [-0.4, -0.2) is 43.3 Å². The molecule has 1 amide bonds. The summed E-state index contributed by atoms with van der Waals surface area (Å²) in [5.41, 5.74) is 0.539. The first-order valence-corrected chi connectivity index (χ1v) is 10.3. The fraction of sp³-hybridized carbons (Fsp3) is 0.182. The fourth-order valence-corrected chi connectivity index (χ4v) is 3.29. The van der Waals surface area contributed by atoms with Gasteiger partial charge in [0, 0.05) is 5.69 Å². The van der Waals surface area contributed by atoms with Gasteiger partial charge in [0.05, 0.1) is 22.9 Å². The van der Waals surface area contributed by atoms with Crippen molar-refractivity contribution in [3.8, 4) is 17.6 Å². The molecule has 2 rings (SSSR count). The van der Waals surface area contributed by atoms with Crippen LogP contribution < -0.4 is 14.8 Å². The highest BCUT2D eigenvalue weighted by molar-refractivity contribution is 14.1. The number of methoxy groups -OCH3 is 1. The van der Waals surface area contributed by atoms with Crippen LogP contribution in [0.5, 0.6) is 11.5 Å². The van der Waals surface area contributed by atoms with Gasteiger partial charge in [0.1, 0.15) is 11.6 Å². The lowest BCUT2D eigenvalue weighted by atomic mass is 10.1. The van der Waals surface area contributed by atoms with Crippen molar-refractivity contribution >= 4 is 52.2 Å². The second-order valence-corrected chi connectivity index (χ2v) is 7.30. The van der Waals surface area contributed by atoms with Crippen molar-refractivity contribution in [2.45, 2.75) is 6.92 Å². The van der Waals surface area contributed by atoms with Gasteiger partial charge in [0.15, 0.2) is 18.1 Å². The van der Waals surface area contributed by atoms with Gasteiger partial charge >= 0.3 is 11.9 Å². The molecule has 0 heterocycles. The maximum absolute atomic E-state index is 12.5. The summed E-state index contributed by atoms with van der Waals surface area (Å²) in [7, 11) is 1.25. The highest BCUT2D eigenvalue weighted by atomic mass is 127. The molecule has 0 saturated heterocycles. The fourth-order valence-electron chi connectivity index (χ4n) is 2.51. The number of amides is 1. The summed E-state index contributed by atoms with van der Waals surface area (Å²) in [6.07, 6.45) is 1.37. The number of nitrogens with one attached hydrogen (secondary N) is 1. The molecule has 0 unspecified atom stereocenters. The summed E-state index contributed by atoms with van der Waals surface area (Å²) < 4.78 is 16.2. The standard InChI is InChI=1S/C22H19IN2O7/c1-3-31-18-9-13(8-17(23)20(18)32-12-19(26)30-2)7-15(11-24)21(27)25-16-6-4-5-14(10-16)22(28)29/h4-10H,3,12H2,1-2H3,(H,25,27)(H,28,29)/b15-7-. The van der Waals surface area contributed by atoms with Crippen LogP contribution >= 0.6 is 22.6 Å². The third-order valence-electron chi connectivity index (χ3n) is 3.94. The molecule has 0 saturated carbocycles. The minimum Gasteiger partial charge on any atom is -0.490 e. The van der Waals surface area contributed by atoms with Crippen LogP contribution in [0.15, 0.2) is 42.0 Å². The minimum atomic E-state index is -1.13. The van der Waals surface area contributed by atoms with Crippen molar-refractivity contribution in [1.29, 1.82) is 5.26 Å². The van der Waals surface area contributed by atoms with Crippen molar-refractivity contribution in [3.05, 3.63) is 56.7 Å². The van der Waals surface area contributed by atoms with Gasteiger partial charge in [-0.1, -0.05) is 6.07 Å². The number of esters is 1. The van der Waals surface area contributed by atoms with E-state index in [1.807, 2.05) is 28.7 Å². The Morgan fingerprint density at radius 2 is 1.97 bits per heavy atom. The predicted octanol–water partition coefficient (Wildman–Crippen LogP) is 3.49. The second-order valence-electron chi connectivity index (χ2n) is 6.14. The molecular weight excluding hydrogens is 531 g/mol. The lowest BCUT2D eigenvalue weighted by Crippen LogP contribution is -2.14. The Kier molecular flexibility index (Phi) is 9.03. The molecule has 0 aliphatic heterocycles. The third-order valence-corrected chi connectivity index (χ3v) is 4.74. The number of carboxylic acid groups (broad SMARTS) is 1. The van der Waals surface area contributed by atoms with Crippen LogP contribution in [-0.2, 0) is 14.3 Å². The van der Waals surface area contributed by atoms with Gasteiger partial charge < -0.3 is 24.6 Å². The molecule has 0 radical (unpaired) electrons. The molecular formula is C22H19IN2O7. The molecule has 166 valence electrons. The summed E-state index contributed by atoms with van der Waals surface area (Å²) in [4.78, 5) is 35.0. The first-order valence-electron chi connectivity index (χ1n) is 9.21. The molecule has 9 nitrogen and oxygen atoms in total. The minimum absolute atomic E-state index is 0.00346. The van der Waals surface area contributed by atoms with Crippen LogP contribution in [0.2, 0.25) is 0 Å². The van der Waals surface area contributed by atoms with Crippen LogP contribution in [0.25, 0.3) is 6.08 Å². The smallest absolute Gasteiger partial charge is 0.343 e. The molecule has 32 heavy (non-hydrogen) atoms. The number of ether oxygens (including phenoxy) is 3. The number of benzene rings is 2. The van der Waals surface area contributed by atoms with E-state index >= 15 is 0 Å². The Morgan fingerprint density at radius 3 is 2.59 bits per heavy atom. The molecule has 2 N–H and O–H groups in total. The number of carbonyl (C=O) groups excluding carboxylic acids is 2. The second kappa shape index (κ2) is 11.7. The predicted molar refractivity (Wildman–Crippen MR) is 123 cm³/mol. The summed E-state index contributed by atoms with van der Waals surface area (Å²) in [5, 5.41) is 21.0. The molecule has 0 aromatic heterocycles. The lowest BCUT2D eigenvalue weighted by Gasteiger charge is -2.14. The van der Waals surface area contributed by atoms with E-state index in [0.29, 0.717) is 27.2 Å². The van der Waals surface area contributed by atoms with Gasteiger partial charge in [0.25, 0.3) is 5.91 Å². The van der Waals surface area contributed by atoms with Gasteiger partial charge in [-0.05, 0) is 71.5 Å². The molecule has 0 atom stereocenters. The Labute approximate surface area is 197 Å². The molecule has 0 aliphatic rings. The largest absolute Gasteiger partial charge is 0.490 e. The Morgan fingerprint density at radius 1 is 1.22 bits per heavy atom. The van der Waals surface area contributed by atoms with Crippen molar-refractivity contribution in [3.63, 3.8) is 0 Å². The summed E-state index contributed by atoms with van der Waals surface area (Å²) in [5.74, 6) is -1.72. The van der Waals surface area contributed by atoms with Crippen molar-refractivity contribution in [2.75, 3.05) is 25.6 Å². The monoisotopic (exact) mass is 550 g/mol. The third kappa shape index (κ3) is 6.71. The van der Waals surface area contributed by atoms with E-state index in [1.165, 1.54) is 37.5 Å². The van der Waals surface area contributed by atoms with E-state index in [2.05, 4.69) is 10.1 Å². The number of carbonyl (C=O) groups is 3. The van der Waals surface area contributed by atoms with Gasteiger partial charge in [-0.3, -0.25) is 4.79 Å². The van der Waals surface area contributed by atoms with Gasteiger partial charge in [-0.25, -0.2) is 9.59 Å². The van der Waals surface area contributed by atoms with E-state index in [4.69, 9.17) is 14.6 Å². The molecule has 2 aromatic rings. The van der Waals surface area contributed by atoms with Crippen molar-refractivity contribution < 1.29 is 33.7 Å². The molecule has 2 aromatic carbocycles. The summed E-state index contributed by atoms with van der Waals surface area (Å²) in [6.45, 7) is 1.80. The number of hydrogen-bond donors (Lipinski definition) is 2. The highest BCUT2D eigenvalue weighted by Crippen LogP contribution is 2.35. The first-order chi connectivity index (χ1) is 15.3. The Hall–Kier alpha value is -3.59. The number of hydrogen-bond acceptors (Lipinski definition) is 7. The van der Waals surface area contributed by atoms with E-state index in [9.17, 15) is 19.6 Å². The summed E-state index contributed by atoms with van der Waals surface area (Å²) in [6, 6.07) is 10.8. The van der Waals surface area contributed by atoms with Crippen LogP contribution in [0, 0.1) is 14.9 Å². The topological polar surface area (TPSA) is 135 Å². The Bertz CT molecular complexity index is 1110. The normalized spacial score (nSPS) is 10.6. The van der Waals surface area contributed by atoms with E-state index in [-0.39, 0.29) is 23.4 Å². The molecule has 0 aliphatic carbocycles. The average Bonchev–Trinajstić information content (AvgIpc) is 2.76. The van der Waals surface area contributed by atoms with Gasteiger partial charge in [0.2, 0.25) is 0 Å². The number of aromatic carboxylic acids is 1. The molecule has 0 spiro atoms. The lowest BCUT2D eigenvalue weighted by molar-refractivity contribution is -0.143. The molecule has 10 heteroatoms. The van der Waals surface area contributed by atoms with E-state index in [0.717, 1.165) is 0 Å². The SMILES string of the molecule is CCOc1cc(/C=C(/C#N)C(=O)Nc2cccc(C(=O)O)c2)cc(I)c1OCC(=O)OC. The number of carboxylic acids is 1. The summed E-state index contributed by atoms with van der Waals surface area (Å²) >= 11 is 1.99. The number of nitrogens with zero attached hydrogens (tertiary/aromatic N) is 1. The maximum Gasteiger partial charge on any atom is 0.343 e. The highest BCUT2D eigenvalue weighted by Gasteiger charge is 2.16. The number of halogens is 1. The van der Waals surface area contributed by atoms with E-state index < -0.39 is 17.8 Å². The van der Waals surface area contributed by atoms with Crippen molar-refractivity contribution in [1.82, 2.24) is 0 Å². The Balaban J connectivity index is 2.32. The number of nitriles is 1. The van der Waals surface area contributed by atoms with E-state index in [1.54, 1.807) is 19.1 Å². The first kappa shape index (κ1) is 24.7.